The van der Waals surface area contributed by atoms with Crippen LogP contribution in [-0.4, -0.2) is 18.4 Å². The quantitative estimate of drug-likeness (QED) is 0.836. The smallest absolute Gasteiger partial charge is 0.224 e. The Balaban J connectivity index is 1.57. The maximum Gasteiger partial charge on any atom is 0.224 e. The van der Waals surface area contributed by atoms with Crippen LogP contribution in [0.2, 0.25) is 0 Å². The molecule has 2 amide bonds. The second-order valence-corrected chi connectivity index (χ2v) is 6.97. The highest BCUT2D eigenvalue weighted by Crippen LogP contribution is 2.42. The lowest BCUT2D eigenvalue weighted by atomic mass is 9.70. The molecule has 1 atom stereocenters. The van der Waals surface area contributed by atoms with Crippen molar-refractivity contribution >= 4 is 11.8 Å². The Hall–Kier alpha value is -1.32. The van der Waals surface area contributed by atoms with Crippen LogP contribution in [0, 0.1) is 11.3 Å². The van der Waals surface area contributed by atoms with Crippen molar-refractivity contribution in [3.05, 3.63) is 11.8 Å². The lowest BCUT2D eigenvalue weighted by molar-refractivity contribution is -0.123. The first-order valence-electron chi connectivity index (χ1n) is 8.45. The van der Waals surface area contributed by atoms with Crippen LogP contribution in [0.3, 0.4) is 0 Å². The molecular weight excluding hydrogens is 264 g/mol. The summed E-state index contributed by atoms with van der Waals surface area (Å²) in [7, 11) is 0. The molecule has 1 heterocycles. The molecule has 116 valence electrons. The van der Waals surface area contributed by atoms with Gasteiger partial charge in [-0.15, -0.1) is 0 Å². The van der Waals surface area contributed by atoms with Gasteiger partial charge in [0.25, 0.3) is 0 Å². The van der Waals surface area contributed by atoms with Crippen LogP contribution >= 0.6 is 0 Å². The first-order valence-corrected chi connectivity index (χ1v) is 8.45. The van der Waals surface area contributed by atoms with Gasteiger partial charge in [0.1, 0.15) is 0 Å². The predicted octanol–water partition coefficient (Wildman–Crippen LogP) is 2.65. The Morgan fingerprint density at radius 1 is 1.29 bits per heavy atom. The van der Waals surface area contributed by atoms with Crippen molar-refractivity contribution in [1.29, 1.82) is 0 Å². The van der Waals surface area contributed by atoms with E-state index in [-0.39, 0.29) is 17.2 Å². The molecule has 2 fully saturated rings. The van der Waals surface area contributed by atoms with Gasteiger partial charge in [0.15, 0.2) is 0 Å². The molecule has 3 rings (SSSR count). The van der Waals surface area contributed by atoms with Crippen LogP contribution < -0.4 is 10.6 Å². The van der Waals surface area contributed by atoms with Crippen molar-refractivity contribution in [3.8, 4) is 0 Å². The van der Waals surface area contributed by atoms with Crippen molar-refractivity contribution < 1.29 is 9.59 Å². The number of amides is 2. The zero-order valence-electron chi connectivity index (χ0n) is 12.7. The fourth-order valence-corrected chi connectivity index (χ4v) is 4.14. The van der Waals surface area contributed by atoms with Gasteiger partial charge in [0.2, 0.25) is 11.8 Å². The Morgan fingerprint density at radius 3 is 2.90 bits per heavy atom. The average Bonchev–Trinajstić information content (AvgIpc) is 2.98. The number of hydrogen-bond donors (Lipinski definition) is 2. The van der Waals surface area contributed by atoms with E-state index in [9.17, 15) is 9.59 Å². The van der Waals surface area contributed by atoms with Crippen LogP contribution in [0.25, 0.3) is 0 Å². The highest BCUT2D eigenvalue weighted by Gasteiger charge is 2.40. The van der Waals surface area contributed by atoms with E-state index >= 15 is 0 Å². The summed E-state index contributed by atoms with van der Waals surface area (Å²) >= 11 is 0. The van der Waals surface area contributed by atoms with E-state index in [2.05, 4.69) is 16.7 Å². The molecule has 3 aliphatic rings. The molecule has 4 nitrogen and oxygen atoms in total. The van der Waals surface area contributed by atoms with E-state index in [4.69, 9.17) is 0 Å². The highest BCUT2D eigenvalue weighted by atomic mass is 16.2. The maximum atomic E-state index is 12.2. The van der Waals surface area contributed by atoms with E-state index in [0.29, 0.717) is 25.3 Å². The lowest BCUT2D eigenvalue weighted by Gasteiger charge is -2.42. The third-order valence-corrected chi connectivity index (χ3v) is 5.46. The van der Waals surface area contributed by atoms with Crippen LogP contribution in [-0.2, 0) is 9.59 Å². The number of nitrogens with one attached hydrogen (secondary N) is 2. The molecule has 4 heteroatoms. The number of rotatable bonds is 4. The van der Waals surface area contributed by atoms with E-state index in [0.717, 1.165) is 31.4 Å². The topological polar surface area (TPSA) is 58.2 Å². The Bertz CT molecular complexity index is 452. The minimum absolute atomic E-state index is 0.0164. The number of fused-ring (bicyclic) bond motifs is 1. The summed E-state index contributed by atoms with van der Waals surface area (Å²) in [6.45, 7) is 0.685. The van der Waals surface area contributed by atoms with Crippen molar-refractivity contribution in [2.45, 2.75) is 64.2 Å². The second kappa shape index (κ2) is 6.20. The van der Waals surface area contributed by atoms with Crippen molar-refractivity contribution in [2.75, 3.05) is 6.54 Å². The summed E-state index contributed by atoms with van der Waals surface area (Å²) in [5.74, 6) is 0.907. The molecule has 21 heavy (non-hydrogen) atoms. The van der Waals surface area contributed by atoms with E-state index in [1.165, 1.54) is 25.7 Å². The second-order valence-electron chi connectivity index (χ2n) is 6.97. The van der Waals surface area contributed by atoms with Gasteiger partial charge in [-0.25, -0.2) is 0 Å². The summed E-state index contributed by atoms with van der Waals surface area (Å²) in [5, 5.41) is 6.18. The Labute approximate surface area is 126 Å². The largest absolute Gasteiger partial charge is 0.355 e. The molecule has 0 aromatic heterocycles. The van der Waals surface area contributed by atoms with Crippen molar-refractivity contribution in [2.24, 2.45) is 11.3 Å². The summed E-state index contributed by atoms with van der Waals surface area (Å²) in [6.07, 6.45) is 12.5. The SMILES string of the molecule is O=C(CC1CCCC1)NCC12CCCC=C1NC(=O)CC2. The van der Waals surface area contributed by atoms with Gasteiger partial charge in [-0.3, -0.25) is 9.59 Å². The van der Waals surface area contributed by atoms with Gasteiger partial charge in [-0.1, -0.05) is 18.9 Å². The highest BCUT2D eigenvalue weighted by molar-refractivity contribution is 5.80. The molecule has 1 saturated carbocycles. The summed E-state index contributed by atoms with van der Waals surface area (Å²) in [5.41, 5.74) is 1.04. The number of hydrogen-bond acceptors (Lipinski definition) is 2. The molecule has 0 bridgehead atoms. The molecule has 1 aliphatic heterocycles. The van der Waals surface area contributed by atoms with Crippen LogP contribution in [0.15, 0.2) is 11.8 Å². The van der Waals surface area contributed by atoms with Crippen molar-refractivity contribution in [3.63, 3.8) is 0 Å². The molecule has 0 aromatic carbocycles. The number of piperidine rings is 1. The first-order chi connectivity index (χ1) is 10.2. The molecule has 0 radical (unpaired) electrons. The maximum absolute atomic E-state index is 12.2. The van der Waals surface area contributed by atoms with E-state index in [1.54, 1.807) is 0 Å². The molecule has 2 aliphatic carbocycles. The van der Waals surface area contributed by atoms with Crippen LogP contribution in [0.1, 0.15) is 64.2 Å². The fourth-order valence-electron chi connectivity index (χ4n) is 4.14. The minimum atomic E-state index is -0.0164. The van der Waals surface area contributed by atoms with Crippen LogP contribution in [0.5, 0.6) is 0 Å². The summed E-state index contributed by atoms with van der Waals surface area (Å²) in [6, 6.07) is 0. The molecule has 2 N–H and O–H groups in total. The lowest BCUT2D eigenvalue weighted by Crippen LogP contribution is -2.48. The third-order valence-electron chi connectivity index (χ3n) is 5.46. The van der Waals surface area contributed by atoms with Gasteiger partial charge in [-0.05, 0) is 44.4 Å². The van der Waals surface area contributed by atoms with E-state index < -0.39 is 0 Å². The zero-order valence-corrected chi connectivity index (χ0v) is 12.7. The van der Waals surface area contributed by atoms with Gasteiger partial charge >= 0.3 is 0 Å². The fraction of sp³-hybridized carbons (Fsp3) is 0.765. The number of allylic oxidation sites excluding steroid dienone is 1. The zero-order chi connectivity index (χ0) is 14.7. The standard InChI is InChI=1S/C17H26N2O2/c20-15-8-10-17(9-4-3-7-14(17)19-15)12-18-16(21)11-13-5-1-2-6-13/h7,13H,1-6,8-12H2,(H,18,21)(H,19,20). The van der Waals surface area contributed by atoms with Gasteiger partial charge in [0, 0.05) is 30.5 Å². The monoisotopic (exact) mass is 290 g/mol. The third kappa shape index (κ3) is 3.30. The number of carbonyl (C=O) groups is 2. The average molecular weight is 290 g/mol. The van der Waals surface area contributed by atoms with Crippen molar-refractivity contribution in [1.82, 2.24) is 10.6 Å². The predicted molar refractivity (Wildman–Crippen MR) is 81.3 cm³/mol. The Kier molecular flexibility index (Phi) is 4.32. The Morgan fingerprint density at radius 2 is 2.10 bits per heavy atom. The normalized spacial score (nSPS) is 29.5. The number of carbonyl (C=O) groups excluding carboxylic acids is 2. The molecule has 1 unspecified atom stereocenters. The van der Waals surface area contributed by atoms with Gasteiger partial charge in [-0.2, -0.15) is 0 Å². The minimum Gasteiger partial charge on any atom is -0.355 e. The molecule has 0 spiro atoms. The molecule has 0 aromatic rings. The molecule has 1 saturated heterocycles. The molecular formula is C17H26N2O2. The van der Waals surface area contributed by atoms with E-state index in [1.807, 2.05) is 0 Å². The summed E-state index contributed by atoms with van der Waals surface area (Å²) < 4.78 is 0. The van der Waals surface area contributed by atoms with Crippen LogP contribution in [0.4, 0.5) is 0 Å². The van der Waals surface area contributed by atoms with Gasteiger partial charge < -0.3 is 10.6 Å². The summed E-state index contributed by atoms with van der Waals surface area (Å²) in [4.78, 5) is 23.7. The first kappa shape index (κ1) is 14.6. The van der Waals surface area contributed by atoms with Gasteiger partial charge in [0.05, 0.1) is 0 Å².